The van der Waals surface area contributed by atoms with E-state index in [9.17, 15) is 9.90 Å². The number of hydrogen-bond acceptors (Lipinski definition) is 9. The second kappa shape index (κ2) is 11.3. The van der Waals surface area contributed by atoms with Gasteiger partial charge in [0.05, 0.1) is 25.6 Å². The summed E-state index contributed by atoms with van der Waals surface area (Å²) in [5.41, 5.74) is 2.59. The van der Waals surface area contributed by atoms with Crippen LogP contribution >= 0.6 is 0 Å². The van der Waals surface area contributed by atoms with Crippen LogP contribution in [0.1, 0.15) is 33.6 Å². The van der Waals surface area contributed by atoms with Crippen molar-refractivity contribution in [2.75, 3.05) is 73.5 Å². The molecule has 10 nitrogen and oxygen atoms in total. The Balaban J connectivity index is 1.57. The molecule has 1 saturated heterocycles. The van der Waals surface area contributed by atoms with Crippen LogP contribution in [-0.4, -0.2) is 91.5 Å². The molecular weight excluding hydrogens is 458 g/mol. The number of β-amino-alcohol motifs (C(OH)–C–C–N with tert-alkyl or cyclic N) is 1. The predicted molar refractivity (Wildman–Crippen MR) is 144 cm³/mol. The van der Waals surface area contributed by atoms with Crippen LogP contribution in [-0.2, 0) is 4.79 Å². The van der Waals surface area contributed by atoms with Crippen LogP contribution in [0.4, 0.5) is 28.8 Å². The molecule has 2 N–H and O–H groups in total. The number of aliphatic hydroxyl groups excluding tert-OH is 1. The number of likely N-dealkylation sites (N-methyl/N-ethyl adjacent to an activating group) is 1. The Kier molecular flexibility index (Phi) is 8.15. The molecule has 0 spiro atoms. The summed E-state index contributed by atoms with van der Waals surface area (Å²) in [5, 5.41) is 12.6. The Bertz CT molecular complexity index is 1060. The number of hydrogen-bond donors (Lipinski definition) is 2. The Labute approximate surface area is 213 Å². The lowest BCUT2D eigenvalue weighted by Crippen LogP contribution is -2.54. The van der Waals surface area contributed by atoms with Crippen molar-refractivity contribution in [3.8, 4) is 5.75 Å². The summed E-state index contributed by atoms with van der Waals surface area (Å²) < 4.78 is 5.73. The van der Waals surface area contributed by atoms with E-state index in [-0.39, 0.29) is 24.6 Å². The second-order valence-corrected chi connectivity index (χ2v) is 9.64. The van der Waals surface area contributed by atoms with E-state index >= 15 is 0 Å². The van der Waals surface area contributed by atoms with Gasteiger partial charge in [-0.25, -0.2) is 4.98 Å². The zero-order valence-corrected chi connectivity index (χ0v) is 22.1. The van der Waals surface area contributed by atoms with E-state index in [2.05, 4.69) is 44.9 Å². The molecule has 0 unspecified atom stereocenters. The van der Waals surface area contributed by atoms with Gasteiger partial charge in [0.2, 0.25) is 11.9 Å². The number of benzene rings is 1. The Morgan fingerprint density at radius 3 is 2.72 bits per heavy atom. The number of aromatic nitrogens is 2. The number of fused-ring (bicyclic) bond motifs is 1. The fourth-order valence-corrected chi connectivity index (χ4v) is 5.13. The van der Waals surface area contributed by atoms with E-state index in [1.807, 2.05) is 19.1 Å². The van der Waals surface area contributed by atoms with Gasteiger partial charge in [0.1, 0.15) is 17.5 Å². The van der Waals surface area contributed by atoms with Gasteiger partial charge in [-0.2, -0.15) is 4.98 Å². The van der Waals surface area contributed by atoms with E-state index in [0.717, 1.165) is 56.3 Å². The Morgan fingerprint density at radius 2 is 2.03 bits per heavy atom. The van der Waals surface area contributed by atoms with Gasteiger partial charge in [0.15, 0.2) is 5.82 Å². The minimum Gasteiger partial charge on any atom is -0.494 e. The number of amides is 1. The fourth-order valence-electron chi connectivity index (χ4n) is 5.13. The number of rotatable bonds is 8. The maximum atomic E-state index is 12.9. The summed E-state index contributed by atoms with van der Waals surface area (Å²) in [4.78, 5) is 30.7. The van der Waals surface area contributed by atoms with Crippen molar-refractivity contribution >= 4 is 34.7 Å². The summed E-state index contributed by atoms with van der Waals surface area (Å²) in [7, 11) is 3.45. The van der Waals surface area contributed by atoms with Crippen molar-refractivity contribution in [2.45, 2.75) is 45.7 Å². The van der Waals surface area contributed by atoms with E-state index < -0.39 is 0 Å². The summed E-state index contributed by atoms with van der Waals surface area (Å²) in [6, 6.07) is 6.00. The van der Waals surface area contributed by atoms with Crippen LogP contribution in [0.15, 0.2) is 24.4 Å². The average molecular weight is 498 g/mol. The minimum absolute atomic E-state index is 0.0632. The van der Waals surface area contributed by atoms with Crippen LogP contribution in [0.2, 0.25) is 0 Å². The SMILES string of the molecule is CC[C@@H]1C(=O)N(C)c2cnc(Nc3ccc(N4CCCN(CCO)CC4)cc3OC)nc2N1C(C)C. The third-order valence-corrected chi connectivity index (χ3v) is 7.05. The number of carbonyl (C=O) groups is 1. The third kappa shape index (κ3) is 5.19. The standard InChI is InChI=1S/C26H39N7O3/c1-6-21-25(35)30(4)22-17-27-26(29-24(22)33(21)18(2)3)28-20-9-8-19(16-23(20)36-5)32-11-7-10-31(12-13-32)14-15-34/h8-9,16-18,21,34H,6-7,10-15H2,1-5H3,(H,27,28,29)/t21-/m1/s1. The van der Waals surface area contributed by atoms with Gasteiger partial charge < -0.3 is 29.9 Å². The number of carbonyl (C=O) groups excluding carboxylic acids is 1. The van der Waals surface area contributed by atoms with Crippen LogP contribution < -0.4 is 24.8 Å². The van der Waals surface area contributed by atoms with Gasteiger partial charge >= 0.3 is 0 Å². The first-order valence-corrected chi connectivity index (χ1v) is 12.8. The molecule has 4 rings (SSSR count). The highest BCUT2D eigenvalue weighted by Crippen LogP contribution is 2.37. The van der Waals surface area contributed by atoms with Crippen molar-refractivity contribution in [1.29, 1.82) is 0 Å². The zero-order chi connectivity index (χ0) is 25.8. The second-order valence-electron chi connectivity index (χ2n) is 9.64. The highest BCUT2D eigenvalue weighted by atomic mass is 16.5. The van der Waals surface area contributed by atoms with Crippen molar-refractivity contribution in [1.82, 2.24) is 14.9 Å². The minimum atomic E-state index is -0.249. The van der Waals surface area contributed by atoms with Crippen molar-refractivity contribution in [2.24, 2.45) is 0 Å². The van der Waals surface area contributed by atoms with Gasteiger partial charge in [-0.1, -0.05) is 6.92 Å². The first-order chi connectivity index (χ1) is 17.4. The van der Waals surface area contributed by atoms with Crippen LogP contribution in [0, 0.1) is 0 Å². The first kappa shape index (κ1) is 26.0. The molecule has 0 radical (unpaired) electrons. The first-order valence-electron chi connectivity index (χ1n) is 12.8. The normalized spacial score (nSPS) is 18.9. The predicted octanol–water partition coefficient (Wildman–Crippen LogP) is 2.70. The number of nitrogens with zero attached hydrogens (tertiary/aromatic N) is 6. The summed E-state index contributed by atoms with van der Waals surface area (Å²) in [6.45, 7) is 10.9. The molecular formula is C26H39N7O3. The summed E-state index contributed by atoms with van der Waals surface area (Å²) in [5.74, 6) is 1.99. The molecule has 2 aromatic rings. The Hall–Kier alpha value is -3.11. The monoisotopic (exact) mass is 497 g/mol. The van der Waals surface area contributed by atoms with Crippen molar-refractivity contribution in [3.63, 3.8) is 0 Å². The molecule has 1 atom stereocenters. The Morgan fingerprint density at radius 1 is 1.22 bits per heavy atom. The highest BCUT2D eigenvalue weighted by Gasteiger charge is 2.38. The molecule has 10 heteroatoms. The molecule has 2 aliphatic rings. The number of ether oxygens (including phenoxy) is 1. The van der Waals surface area contributed by atoms with E-state index in [4.69, 9.17) is 9.72 Å². The fraction of sp³-hybridized carbons (Fsp3) is 0.577. The molecule has 1 fully saturated rings. The molecule has 1 amide bonds. The van der Waals surface area contributed by atoms with Gasteiger partial charge in [-0.3, -0.25) is 9.69 Å². The molecule has 0 bridgehead atoms. The molecule has 1 aromatic heterocycles. The summed E-state index contributed by atoms with van der Waals surface area (Å²) in [6.07, 6.45) is 3.46. The van der Waals surface area contributed by atoms with Crippen molar-refractivity contribution in [3.05, 3.63) is 24.4 Å². The number of nitrogens with one attached hydrogen (secondary N) is 1. The quantitative estimate of drug-likeness (QED) is 0.570. The lowest BCUT2D eigenvalue weighted by Gasteiger charge is -2.42. The van der Waals surface area contributed by atoms with Crippen LogP contribution in [0.25, 0.3) is 0 Å². The van der Waals surface area contributed by atoms with Crippen molar-refractivity contribution < 1.29 is 14.6 Å². The maximum Gasteiger partial charge on any atom is 0.249 e. The number of anilines is 5. The molecule has 2 aliphatic heterocycles. The highest BCUT2D eigenvalue weighted by molar-refractivity contribution is 6.04. The topological polar surface area (TPSA) is 97.3 Å². The zero-order valence-electron chi connectivity index (χ0n) is 22.1. The molecule has 0 aliphatic carbocycles. The van der Waals surface area contributed by atoms with Crippen LogP contribution in [0.3, 0.4) is 0 Å². The molecule has 0 saturated carbocycles. The van der Waals surface area contributed by atoms with E-state index in [0.29, 0.717) is 23.8 Å². The lowest BCUT2D eigenvalue weighted by molar-refractivity contribution is -0.120. The smallest absolute Gasteiger partial charge is 0.249 e. The lowest BCUT2D eigenvalue weighted by atomic mass is 10.1. The third-order valence-electron chi connectivity index (χ3n) is 7.05. The molecule has 36 heavy (non-hydrogen) atoms. The van der Waals surface area contributed by atoms with Gasteiger partial charge in [0, 0.05) is 51.0 Å². The molecule has 3 heterocycles. The molecule has 1 aromatic carbocycles. The van der Waals surface area contributed by atoms with E-state index in [1.54, 1.807) is 25.3 Å². The largest absolute Gasteiger partial charge is 0.494 e. The summed E-state index contributed by atoms with van der Waals surface area (Å²) >= 11 is 0. The number of methoxy groups -OCH3 is 1. The number of aliphatic hydroxyl groups is 1. The van der Waals surface area contributed by atoms with E-state index in [1.165, 1.54) is 0 Å². The van der Waals surface area contributed by atoms with Crippen LogP contribution in [0.5, 0.6) is 5.75 Å². The average Bonchev–Trinajstić information content (AvgIpc) is 3.12. The van der Waals surface area contributed by atoms with Gasteiger partial charge in [-0.15, -0.1) is 0 Å². The van der Waals surface area contributed by atoms with Gasteiger partial charge in [0.25, 0.3) is 0 Å². The van der Waals surface area contributed by atoms with Gasteiger partial charge in [-0.05, 0) is 45.4 Å². The maximum absolute atomic E-state index is 12.9. The molecule has 196 valence electrons.